The van der Waals surface area contributed by atoms with Gasteiger partial charge in [-0.05, 0) is 55.7 Å². The second kappa shape index (κ2) is 5.89. The van der Waals surface area contributed by atoms with Crippen LogP contribution >= 0.6 is 0 Å². The van der Waals surface area contributed by atoms with E-state index >= 15 is 0 Å². The summed E-state index contributed by atoms with van der Waals surface area (Å²) in [4.78, 5) is 0. The lowest BCUT2D eigenvalue weighted by Crippen LogP contribution is -2.10. The van der Waals surface area contributed by atoms with Crippen molar-refractivity contribution in [2.24, 2.45) is 11.8 Å². The van der Waals surface area contributed by atoms with E-state index in [1.54, 1.807) is 0 Å². The van der Waals surface area contributed by atoms with Gasteiger partial charge in [0.25, 0.3) is 0 Å². The average molecular weight is 216 g/mol. The van der Waals surface area contributed by atoms with Crippen molar-refractivity contribution in [3.05, 3.63) is 47.1 Å². The van der Waals surface area contributed by atoms with Gasteiger partial charge in [0.1, 0.15) is 0 Å². The first kappa shape index (κ1) is 13.0. The van der Waals surface area contributed by atoms with Crippen LogP contribution in [0.3, 0.4) is 0 Å². The quantitative estimate of drug-likeness (QED) is 0.579. The molecule has 88 valence electrons. The summed E-state index contributed by atoms with van der Waals surface area (Å²) in [6, 6.07) is 0. The van der Waals surface area contributed by atoms with Crippen molar-refractivity contribution < 1.29 is 0 Å². The van der Waals surface area contributed by atoms with Gasteiger partial charge in [0.05, 0.1) is 0 Å². The molecular weight excluding hydrogens is 192 g/mol. The fourth-order valence-electron chi connectivity index (χ4n) is 2.23. The minimum Gasteiger partial charge on any atom is -0.0871 e. The van der Waals surface area contributed by atoms with Gasteiger partial charge in [-0.15, -0.1) is 0 Å². The first-order valence-corrected chi connectivity index (χ1v) is 6.28. The molecule has 0 saturated heterocycles. The van der Waals surface area contributed by atoms with Gasteiger partial charge in [0.2, 0.25) is 0 Å². The Bertz CT molecular complexity index is 348. The van der Waals surface area contributed by atoms with Crippen LogP contribution < -0.4 is 0 Å². The molecule has 0 heterocycles. The second-order valence-electron chi connectivity index (χ2n) is 4.86. The van der Waals surface area contributed by atoms with Crippen molar-refractivity contribution in [2.45, 2.75) is 41.0 Å². The highest BCUT2D eigenvalue weighted by Gasteiger charge is 2.16. The smallest absolute Gasteiger partial charge is 0.0170 e. The summed E-state index contributed by atoms with van der Waals surface area (Å²) >= 11 is 0. The monoisotopic (exact) mass is 216 g/mol. The molecule has 0 radical (unpaired) electrons. The highest BCUT2D eigenvalue weighted by Crippen LogP contribution is 2.31. The van der Waals surface area contributed by atoms with Gasteiger partial charge in [-0.1, -0.05) is 44.2 Å². The van der Waals surface area contributed by atoms with Crippen LogP contribution in [0.5, 0.6) is 0 Å². The third-order valence-corrected chi connectivity index (χ3v) is 3.31. The number of allylic oxidation sites excluding steroid dienone is 8. The van der Waals surface area contributed by atoms with Crippen molar-refractivity contribution in [1.82, 2.24) is 0 Å². The molecular formula is C16H24. The lowest BCUT2D eigenvalue weighted by Gasteiger charge is -2.23. The molecule has 0 bridgehead atoms. The van der Waals surface area contributed by atoms with Crippen molar-refractivity contribution in [3.63, 3.8) is 0 Å². The zero-order valence-electron chi connectivity index (χ0n) is 11.2. The lowest BCUT2D eigenvalue weighted by molar-refractivity contribution is 0.464. The Morgan fingerprint density at radius 3 is 2.50 bits per heavy atom. The molecule has 0 fully saturated rings. The Balaban J connectivity index is 2.91. The standard InChI is InChI=1S/C16H24/c1-6-8-14(7-2)16-10-9-15(12(3)4)11-13(16)5/h6-8,10-12,15H,9H2,1-5H3/b8-6+,14-7+. The van der Waals surface area contributed by atoms with E-state index in [0.717, 1.165) is 5.92 Å². The molecule has 0 amide bonds. The molecule has 1 atom stereocenters. The van der Waals surface area contributed by atoms with Crippen LogP contribution in [0.15, 0.2) is 47.1 Å². The zero-order chi connectivity index (χ0) is 12.1. The number of hydrogen-bond donors (Lipinski definition) is 0. The summed E-state index contributed by atoms with van der Waals surface area (Å²) in [6.07, 6.45) is 12.5. The van der Waals surface area contributed by atoms with E-state index in [9.17, 15) is 0 Å². The molecule has 1 aliphatic rings. The Morgan fingerprint density at radius 2 is 2.06 bits per heavy atom. The molecule has 0 saturated carbocycles. The van der Waals surface area contributed by atoms with Gasteiger partial charge in [0.15, 0.2) is 0 Å². The van der Waals surface area contributed by atoms with Crippen LogP contribution in [-0.2, 0) is 0 Å². The van der Waals surface area contributed by atoms with Crippen molar-refractivity contribution in [1.29, 1.82) is 0 Å². The first-order chi connectivity index (χ1) is 7.60. The molecule has 0 spiro atoms. The molecule has 1 rings (SSSR count). The zero-order valence-corrected chi connectivity index (χ0v) is 11.2. The predicted octanol–water partition coefficient (Wildman–Crippen LogP) is 5.06. The Labute approximate surface area is 100 Å². The molecule has 0 nitrogen and oxygen atoms in total. The molecule has 0 aromatic heterocycles. The lowest BCUT2D eigenvalue weighted by atomic mass is 9.82. The van der Waals surface area contributed by atoms with E-state index in [2.05, 4.69) is 65.0 Å². The van der Waals surface area contributed by atoms with Crippen molar-refractivity contribution in [3.8, 4) is 0 Å². The number of hydrogen-bond acceptors (Lipinski definition) is 0. The van der Waals surface area contributed by atoms with Crippen molar-refractivity contribution >= 4 is 0 Å². The van der Waals surface area contributed by atoms with Gasteiger partial charge in [-0.2, -0.15) is 0 Å². The normalized spacial score (nSPS) is 22.6. The van der Waals surface area contributed by atoms with Crippen LogP contribution in [0.1, 0.15) is 41.0 Å². The Morgan fingerprint density at radius 1 is 1.38 bits per heavy atom. The van der Waals surface area contributed by atoms with Crippen LogP contribution in [0.2, 0.25) is 0 Å². The summed E-state index contributed by atoms with van der Waals surface area (Å²) in [5.74, 6) is 1.45. The minimum absolute atomic E-state index is 0.715. The summed E-state index contributed by atoms with van der Waals surface area (Å²) in [5, 5.41) is 0. The number of rotatable bonds is 3. The van der Waals surface area contributed by atoms with Crippen LogP contribution in [0.4, 0.5) is 0 Å². The van der Waals surface area contributed by atoms with E-state index < -0.39 is 0 Å². The van der Waals surface area contributed by atoms with Crippen LogP contribution in [0.25, 0.3) is 0 Å². The molecule has 1 unspecified atom stereocenters. The van der Waals surface area contributed by atoms with Crippen LogP contribution in [-0.4, -0.2) is 0 Å². The highest BCUT2D eigenvalue weighted by molar-refractivity contribution is 5.52. The van der Waals surface area contributed by atoms with Gasteiger partial charge in [-0.25, -0.2) is 0 Å². The van der Waals surface area contributed by atoms with E-state index in [-0.39, 0.29) is 0 Å². The Kier molecular flexibility index (Phi) is 4.79. The van der Waals surface area contributed by atoms with Gasteiger partial charge < -0.3 is 0 Å². The van der Waals surface area contributed by atoms with E-state index in [4.69, 9.17) is 0 Å². The molecule has 0 aromatic carbocycles. The predicted molar refractivity (Wildman–Crippen MR) is 73.4 cm³/mol. The average Bonchev–Trinajstić information content (AvgIpc) is 2.26. The van der Waals surface area contributed by atoms with Gasteiger partial charge in [0, 0.05) is 0 Å². The summed E-state index contributed by atoms with van der Waals surface area (Å²) in [5.41, 5.74) is 4.19. The minimum atomic E-state index is 0.715. The summed E-state index contributed by atoms with van der Waals surface area (Å²) in [6.45, 7) is 11.0. The Hall–Kier alpha value is -1.04. The maximum atomic E-state index is 2.44. The van der Waals surface area contributed by atoms with Gasteiger partial charge >= 0.3 is 0 Å². The molecule has 0 aliphatic heterocycles. The molecule has 0 heteroatoms. The molecule has 1 aliphatic carbocycles. The maximum Gasteiger partial charge on any atom is -0.0170 e. The third kappa shape index (κ3) is 2.98. The van der Waals surface area contributed by atoms with E-state index in [0.29, 0.717) is 5.92 Å². The highest BCUT2D eigenvalue weighted by atomic mass is 14.2. The molecule has 0 N–H and O–H groups in total. The van der Waals surface area contributed by atoms with E-state index in [1.165, 1.54) is 23.1 Å². The third-order valence-electron chi connectivity index (χ3n) is 3.31. The van der Waals surface area contributed by atoms with Crippen LogP contribution in [0, 0.1) is 11.8 Å². The first-order valence-electron chi connectivity index (χ1n) is 6.28. The fraction of sp³-hybridized carbons (Fsp3) is 0.500. The van der Waals surface area contributed by atoms with Crippen molar-refractivity contribution in [2.75, 3.05) is 0 Å². The fourth-order valence-corrected chi connectivity index (χ4v) is 2.23. The topological polar surface area (TPSA) is 0 Å². The molecule has 16 heavy (non-hydrogen) atoms. The maximum absolute atomic E-state index is 2.44. The second-order valence-corrected chi connectivity index (χ2v) is 4.86. The molecule has 0 aromatic rings. The SMILES string of the molecule is C/C=C/C(=C\C)C1=CCC(C(C)C)C=C1C. The van der Waals surface area contributed by atoms with E-state index in [1.807, 2.05) is 0 Å². The largest absolute Gasteiger partial charge is 0.0871 e. The van der Waals surface area contributed by atoms with Gasteiger partial charge in [-0.3, -0.25) is 0 Å². The summed E-state index contributed by atoms with van der Waals surface area (Å²) < 4.78 is 0. The summed E-state index contributed by atoms with van der Waals surface area (Å²) in [7, 11) is 0.